The van der Waals surface area contributed by atoms with Gasteiger partial charge < -0.3 is 19.5 Å². The fraction of sp³-hybridized carbons (Fsp3) is 0.409. The van der Waals surface area contributed by atoms with Crippen LogP contribution in [0.5, 0.6) is 11.5 Å². The molecule has 0 fully saturated rings. The number of amides is 1. The molecule has 2 aromatic rings. The fourth-order valence-electron chi connectivity index (χ4n) is 2.56. The van der Waals surface area contributed by atoms with Crippen LogP contribution in [0.2, 0.25) is 0 Å². The summed E-state index contributed by atoms with van der Waals surface area (Å²) in [6.45, 7) is 8.06. The van der Waals surface area contributed by atoms with Gasteiger partial charge in [0, 0.05) is 13.2 Å². The Balaban J connectivity index is 1.83. The Bertz CT molecular complexity index is 698. The van der Waals surface area contributed by atoms with Gasteiger partial charge in [-0.1, -0.05) is 24.3 Å². The lowest BCUT2D eigenvalue weighted by Crippen LogP contribution is -2.26. The summed E-state index contributed by atoms with van der Waals surface area (Å²) in [7, 11) is 0. The predicted molar refractivity (Wildman–Crippen MR) is 107 cm³/mol. The van der Waals surface area contributed by atoms with Gasteiger partial charge >= 0.3 is 0 Å². The highest BCUT2D eigenvalue weighted by Gasteiger charge is 2.11. The van der Waals surface area contributed by atoms with Crippen molar-refractivity contribution in [1.29, 1.82) is 0 Å². The monoisotopic (exact) mass is 371 g/mol. The van der Waals surface area contributed by atoms with E-state index in [0.29, 0.717) is 37.7 Å². The quantitative estimate of drug-likeness (QED) is 0.610. The molecule has 1 amide bonds. The van der Waals surface area contributed by atoms with Gasteiger partial charge in [-0.3, -0.25) is 4.79 Å². The molecule has 0 saturated carbocycles. The molecule has 0 atom stereocenters. The first kappa shape index (κ1) is 20.8. The van der Waals surface area contributed by atoms with Crippen LogP contribution in [0.15, 0.2) is 48.5 Å². The van der Waals surface area contributed by atoms with E-state index in [9.17, 15) is 4.79 Å². The van der Waals surface area contributed by atoms with Crippen LogP contribution in [0, 0.1) is 0 Å². The van der Waals surface area contributed by atoms with Crippen molar-refractivity contribution in [2.24, 2.45) is 0 Å². The minimum absolute atomic E-state index is 0.137. The lowest BCUT2D eigenvalue weighted by molar-refractivity contribution is 0.0937. The number of ether oxygens (including phenoxy) is 3. The van der Waals surface area contributed by atoms with Crippen molar-refractivity contribution in [3.05, 3.63) is 59.7 Å². The average molecular weight is 371 g/mol. The van der Waals surface area contributed by atoms with Crippen LogP contribution in [0.25, 0.3) is 0 Å². The van der Waals surface area contributed by atoms with Crippen LogP contribution in [0.4, 0.5) is 0 Å². The number of carbonyl (C=O) groups excluding carboxylic acids is 1. The second-order valence-electron chi connectivity index (χ2n) is 6.36. The van der Waals surface area contributed by atoms with Gasteiger partial charge in [0.1, 0.15) is 18.1 Å². The zero-order valence-corrected chi connectivity index (χ0v) is 16.4. The molecule has 0 aliphatic heterocycles. The van der Waals surface area contributed by atoms with E-state index >= 15 is 0 Å². The zero-order valence-electron chi connectivity index (χ0n) is 16.4. The molecule has 0 spiro atoms. The molecule has 0 radical (unpaired) electrons. The topological polar surface area (TPSA) is 56.8 Å². The van der Waals surface area contributed by atoms with Gasteiger partial charge in [0.25, 0.3) is 5.91 Å². The summed E-state index contributed by atoms with van der Waals surface area (Å²) >= 11 is 0. The van der Waals surface area contributed by atoms with Crippen LogP contribution < -0.4 is 14.8 Å². The Morgan fingerprint density at radius 2 is 1.78 bits per heavy atom. The first-order valence-electron chi connectivity index (χ1n) is 9.43. The summed E-state index contributed by atoms with van der Waals surface area (Å²) in [4.78, 5) is 12.5. The van der Waals surface area contributed by atoms with Crippen molar-refractivity contribution in [1.82, 2.24) is 5.32 Å². The van der Waals surface area contributed by atoms with Crippen molar-refractivity contribution in [2.75, 3.05) is 26.4 Å². The molecule has 0 aliphatic carbocycles. The Kier molecular flexibility index (Phi) is 8.65. The summed E-state index contributed by atoms with van der Waals surface area (Å²) in [6.07, 6.45) is 0.909. The molecular formula is C22H29NO4. The third-order valence-electron chi connectivity index (χ3n) is 3.82. The summed E-state index contributed by atoms with van der Waals surface area (Å²) in [5.74, 6) is 1.29. The molecule has 0 heterocycles. The third kappa shape index (κ3) is 7.31. The van der Waals surface area contributed by atoms with Crippen LogP contribution >= 0.6 is 0 Å². The van der Waals surface area contributed by atoms with E-state index < -0.39 is 0 Å². The molecule has 2 rings (SSSR count). The van der Waals surface area contributed by atoms with E-state index in [0.717, 1.165) is 17.7 Å². The van der Waals surface area contributed by atoms with Crippen molar-refractivity contribution in [3.8, 4) is 11.5 Å². The Morgan fingerprint density at radius 1 is 1.04 bits per heavy atom. The van der Waals surface area contributed by atoms with E-state index in [2.05, 4.69) is 5.32 Å². The molecule has 5 nitrogen and oxygen atoms in total. The average Bonchev–Trinajstić information content (AvgIpc) is 2.66. The van der Waals surface area contributed by atoms with Crippen molar-refractivity contribution >= 4 is 5.91 Å². The first-order valence-corrected chi connectivity index (χ1v) is 9.43. The second-order valence-corrected chi connectivity index (χ2v) is 6.36. The largest absolute Gasteiger partial charge is 0.491 e. The molecule has 0 bridgehead atoms. The van der Waals surface area contributed by atoms with Crippen LogP contribution in [0.3, 0.4) is 0 Å². The Morgan fingerprint density at radius 3 is 2.48 bits per heavy atom. The van der Waals surface area contributed by atoms with E-state index in [1.807, 2.05) is 57.2 Å². The van der Waals surface area contributed by atoms with Gasteiger partial charge in [0.05, 0.1) is 18.3 Å². The number of benzene rings is 2. The SMILES string of the molecule is CCOCCOc1ccccc1C(=O)NCCc1ccc(OC(C)C)cc1. The fourth-order valence-corrected chi connectivity index (χ4v) is 2.56. The number of hydrogen-bond donors (Lipinski definition) is 1. The summed E-state index contributed by atoms with van der Waals surface area (Å²) < 4.78 is 16.6. The molecule has 2 aromatic carbocycles. The highest BCUT2D eigenvalue weighted by molar-refractivity contribution is 5.96. The standard InChI is InChI=1S/C22H29NO4/c1-4-25-15-16-26-21-8-6-5-7-20(21)22(24)23-14-13-18-9-11-19(12-10-18)27-17(2)3/h5-12,17H,4,13-16H2,1-3H3,(H,23,24). The van der Waals surface area contributed by atoms with Gasteiger partial charge in [-0.05, 0) is 57.0 Å². The normalized spacial score (nSPS) is 10.7. The van der Waals surface area contributed by atoms with Gasteiger partial charge in [0.15, 0.2) is 0 Å². The lowest BCUT2D eigenvalue weighted by atomic mass is 10.1. The van der Waals surface area contributed by atoms with Crippen LogP contribution in [-0.4, -0.2) is 38.4 Å². The van der Waals surface area contributed by atoms with Gasteiger partial charge in [-0.25, -0.2) is 0 Å². The predicted octanol–water partition coefficient (Wildman–Crippen LogP) is 3.86. The summed E-state index contributed by atoms with van der Waals surface area (Å²) in [5, 5.41) is 2.95. The molecule has 5 heteroatoms. The van der Waals surface area contributed by atoms with Gasteiger partial charge in [0.2, 0.25) is 0 Å². The maximum atomic E-state index is 12.5. The lowest BCUT2D eigenvalue weighted by Gasteiger charge is -2.12. The number of carbonyl (C=O) groups is 1. The summed E-state index contributed by atoms with van der Waals surface area (Å²) in [6, 6.07) is 15.2. The minimum atomic E-state index is -0.137. The van der Waals surface area contributed by atoms with E-state index in [4.69, 9.17) is 14.2 Å². The highest BCUT2D eigenvalue weighted by atomic mass is 16.5. The molecule has 27 heavy (non-hydrogen) atoms. The maximum Gasteiger partial charge on any atom is 0.255 e. The molecule has 0 unspecified atom stereocenters. The number of rotatable bonds is 11. The molecular weight excluding hydrogens is 342 g/mol. The molecule has 1 N–H and O–H groups in total. The molecule has 146 valence electrons. The van der Waals surface area contributed by atoms with Gasteiger partial charge in [-0.15, -0.1) is 0 Å². The zero-order chi connectivity index (χ0) is 19.5. The third-order valence-corrected chi connectivity index (χ3v) is 3.82. The number of hydrogen-bond acceptors (Lipinski definition) is 4. The Labute approximate surface area is 161 Å². The van der Waals surface area contributed by atoms with E-state index in [1.54, 1.807) is 12.1 Å². The van der Waals surface area contributed by atoms with E-state index in [1.165, 1.54) is 0 Å². The van der Waals surface area contributed by atoms with Crippen LogP contribution in [-0.2, 0) is 11.2 Å². The molecule has 0 saturated heterocycles. The molecule has 0 aromatic heterocycles. The smallest absolute Gasteiger partial charge is 0.255 e. The maximum absolute atomic E-state index is 12.5. The number of para-hydroxylation sites is 1. The van der Waals surface area contributed by atoms with Crippen molar-refractivity contribution < 1.29 is 19.0 Å². The highest BCUT2D eigenvalue weighted by Crippen LogP contribution is 2.18. The number of nitrogens with one attached hydrogen (secondary N) is 1. The Hall–Kier alpha value is -2.53. The second kappa shape index (κ2) is 11.2. The van der Waals surface area contributed by atoms with Gasteiger partial charge in [-0.2, -0.15) is 0 Å². The molecule has 0 aliphatic rings. The van der Waals surface area contributed by atoms with Crippen molar-refractivity contribution in [2.45, 2.75) is 33.3 Å². The minimum Gasteiger partial charge on any atom is -0.491 e. The van der Waals surface area contributed by atoms with E-state index in [-0.39, 0.29) is 12.0 Å². The summed E-state index contributed by atoms with van der Waals surface area (Å²) in [5.41, 5.74) is 1.68. The van der Waals surface area contributed by atoms with Crippen molar-refractivity contribution in [3.63, 3.8) is 0 Å². The van der Waals surface area contributed by atoms with Crippen LogP contribution in [0.1, 0.15) is 36.7 Å². The first-order chi connectivity index (χ1) is 13.1.